The second-order valence-corrected chi connectivity index (χ2v) is 15.3. The predicted molar refractivity (Wildman–Crippen MR) is 232 cm³/mol. The van der Waals surface area contributed by atoms with E-state index in [1.165, 1.54) is 55.2 Å². The van der Waals surface area contributed by atoms with Crippen LogP contribution in [0.5, 0.6) is 0 Å². The van der Waals surface area contributed by atoms with Crippen molar-refractivity contribution in [2.24, 2.45) is 0 Å². The number of anilines is 3. The maximum atomic E-state index is 6.62. The molecule has 0 atom stereocenters. The fourth-order valence-corrected chi connectivity index (χ4v) is 9.33. The smallest absolute Gasteiger partial charge is 0.143 e. The van der Waals surface area contributed by atoms with Crippen molar-refractivity contribution in [2.45, 2.75) is 19.3 Å². The lowest BCUT2D eigenvalue weighted by Gasteiger charge is -2.32. The average Bonchev–Trinajstić information content (AvgIpc) is 3.74. The minimum atomic E-state index is -0.199. The largest absolute Gasteiger partial charge is 0.455 e. The highest BCUT2D eigenvalue weighted by molar-refractivity contribution is 6.19. The van der Waals surface area contributed by atoms with Gasteiger partial charge in [0, 0.05) is 32.9 Å². The van der Waals surface area contributed by atoms with E-state index in [4.69, 9.17) is 4.42 Å². The summed E-state index contributed by atoms with van der Waals surface area (Å²) in [6, 6.07) is 68.4. The highest BCUT2D eigenvalue weighted by Crippen LogP contribution is 2.54. The molecule has 1 aliphatic rings. The molecule has 0 spiro atoms. The van der Waals surface area contributed by atoms with Crippen LogP contribution in [0.4, 0.5) is 17.1 Å². The van der Waals surface area contributed by atoms with Gasteiger partial charge in [-0.05, 0) is 103 Å². The molecular formula is C53H37NO. The standard InChI is InChI=1S/C53H37NO/c1-53(2)47-27-8-7-23-44(47)45-26-12-28-48(51(45)53)54(38-19-9-17-36(32-38)41-24-11-16-34-14-3-5-21-40(34)41)39-20-10-18-37(33-39)42-25-13-29-49-50(42)46-31-30-35-15-4-6-22-43(35)52(46)55-49/h3-33H,1-2H3. The Labute approximate surface area is 320 Å². The van der Waals surface area contributed by atoms with E-state index in [0.717, 1.165) is 49.8 Å². The lowest BCUT2D eigenvalue weighted by atomic mass is 9.81. The summed E-state index contributed by atoms with van der Waals surface area (Å²) < 4.78 is 6.62. The van der Waals surface area contributed by atoms with Crippen molar-refractivity contribution in [3.05, 3.63) is 199 Å². The summed E-state index contributed by atoms with van der Waals surface area (Å²) in [4.78, 5) is 2.48. The lowest BCUT2D eigenvalue weighted by molar-refractivity contribution is 0.661. The highest BCUT2D eigenvalue weighted by Gasteiger charge is 2.38. The Hall–Kier alpha value is -6.90. The Morgan fingerprint density at radius 2 is 1.02 bits per heavy atom. The van der Waals surface area contributed by atoms with E-state index in [1.54, 1.807) is 0 Å². The molecule has 1 heterocycles. The molecule has 2 heteroatoms. The average molecular weight is 704 g/mol. The molecule has 9 aromatic carbocycles. The molecule has 0 unspecified atom stereocenters. The molecule has 11 rings (SSSR count). The highest BCUT2D eigenvalue weighted by atomic mass is 16.3. The Morgan fingerprint density at radius 1 is 0.436 bits per heavy atom. The van der Waals surface area contributed by atoms with Crippen LogP contribution in [0.2, 0.25) is 0 Å². The van der Waals surface area contributed by atoms with Crippen molar-refractivity contribution in [3.63, 3.8) is 0 Å². The van der Waals surface area contributed by atoms with Crippen LogP contribution >= 0.6 is 0 Å². The Morgan fingerprint density at radius 3 is 1.84 bits per heavy atom. The van der Waals surface area contributed by atoms with Gasteiger partial charge in [0.05, 0.1) is 5.69 Å². The zero-order valence-electron chi connectivity index (χ0n) is 30.8. The zero-order valence-corrected chi connectivity index (χ0v) is 30.8. The molecule has 55 heavy (non-hydrogen) atoms. The molecule has 1 aliphatic carbocycles. The Bertz CT molecular complexity index is 3140. The number of rotatable bonds is 5. The number of benzene rings is 9. The normalized spacial score (nSPS) is 13.1. The lowest BCUT2D eigenvalue weighted by Crippen LogP contribution is -2.20. The molecule has 0 radical (unpaired) electrons. The van der Waals surface area contributed by atoms with Crippen molar-refractivity contribution in [2.75, 3.05) is 4.90 Å². The summed E-state index contributed by atoms with van der Waals surface area (Å²) in [5.74, 6) is 0. The second-order valence-electron chi connectivity index (χ2n) is 15.3. The van der Waals surface area contributed by atoms with Crippen molar-refractivity contribution in [1.29, 1.82) is 0 Å². The molecule has 0 amide bonds. The van der Waals surface area contributed by atoms with E-state index < -0.39 is 0 Å². The Kier molecular flexibility index (Phi) is 6.93. The van der Waals surface area contributed by atoms with Gasteiger partial charge in [0.25, 0.3) is 0 Å². The molecule has 0 saturated heterocycles. The molecule has 1 aromatic heterocycles. The monoisotopic (exact) mass is 703 g/mol. The van der Waals surface area contributed by atoms with Crippen molar-refractivity contribution in [3.8, 4) is 33.4 Å². The van der Waals surface area contributed by atoms with E-state index in [-0.39, 0.29) is 5.41 Å². The van der Waals surface area contributed by atoms with Crippen LogP contribution in [-0.4, -0.2) is 0 Å². The first kappa shape index (κ1) is 31.6. The molecule has 0 aliphatic heterocycles. The van der Waals surface area contributed by atoms with Crippen molar-refractivity contribution in [1.82, 2.24) is 0 Å². The van der Waals surface area contributed by atoms with Gasteiger partial charge >= 0.3 is 0 Å². The van der Waals surface area contributed by atoms with Gasteiger partial charge in [0.2, 0.25) is 0 Å². The van der Waals surface area contributed by atoms with Gasteiger partial charge in [-0.3, -0.25) is 0 Å². The van der Waals surface area contributed by atoms with Crippen LogP contribution in [0.3, 0.4) is 0 Å². The number of hydrogen-bond acceptors (Lipinski definition) is 2. The van der Waals surface area contributed by atoms with Crippen LogP contribution in [-0.2, 0) is 5.41 Å². The SMILES string of the molecule is CC1(C)c2ccccc2-c2cccc(N(c3cccc(-c4cccc5ccccc45)c3)c3cccc(-c4cccc5oc6c7ccccc7ccc6c45)c3)c21. The van der Waals surface area contributed by atoms with Gasteiger partial charge < -0.3 is 9.32 Å². The number of fused-ring (bicyclic) bond motifs is 9. The van der Waals surface area contributed by atoms with Crippen molar-refractivity contribution >= 4 is 60.5 Å². The predicted octanol–water partition coefficient (Wildman–Crippen LogP) is 15.0. The minimum absolute atomic E-state index is 0.199. The van der Waals surface area contributed by atoms with Crippen LogP contribution in [0.15, 0.2) is 192 Å². The van der Waals surface area contributed by atoms with E-state index in [2.05, 4.69) is 207 Å². The molecule has 260 valence electrons. The fraction of sp³-hybridized carbons (Fsp3) is 0.0566. The summed E-state index contributed by atoms with van der Waals surface area (Å²) >= 11 is 0. The van der Waals surface area contributed by atoms with E-state index in [0.29, 0.717) is 0 Å². The quantitative estimate of drug-likeness (QED) is 0.177. The second kappa shape index (κ2) is 12.1. The number of furan rings is 1. The van der Waals surface area contributed by atoms with Crippen molar-refractivity contribution < 1.29 is 4.42 Å². The fourth-order valence-electron chi connectivity index (χ4n) is 9.33. The van der Waals surface area contributed by atoms with E-state index >= 15 is 0 Å². The van der Waals surface area contributed by atoms with Gasteiger partial charge in [-0.1, -0.05) is 159 Å². The first-order valence-corrected chi connectivity index (χ1v) is 19.1. The molecule has 0 N–H and O–H groups in total. The summed E-state index contributed by atoms with van der Waals surface area (Å²) in [5.41, 5.74) is 15.1. The summed E-state index contributed by atoms with van der Waals surface area (Å²) in [6.45, 7) is 4.74. The summed E-state index contributed by atoms with van der Waals surface area (Å²) in [5, 5.41) is 7.08. The topological polar surface area (TPSA) is 16.4 Å². The summed E-state index contributed by atoms with van der Waals surface area (Å²) in [7, 11) is 0. The molecule has 10 aromatic rings. The van der Waals surface area contributed by atoms with Gasteiger partial charge in [-0.15, -0.1) is 0 Å². The summed E-state index contributed by atoms with van der Waals surface area (Å²) in [6.07, 6.45) is 0. The van der Waals surface area contributed by atoms with E-state index in [1.807, 2.05) is 0 Å². The molecular weight excluding hydrogens is 667 g/mol. The minimum Gasteiger partial charge on any atom is -0.455 e. The molecule has 0 saturated carbocycles. The van der Waals surface area contributed by atoms with Gasteiger partial charge in [-0.25, -0.2) is 0 Å². The van der Waals surface area contributed by atoms with Gasteiger partial charge in [0.1, 0.15) is 11.2 Å². The Balaban J connectivity index is 1.14. The maximum Gasteiger partial charge on any atom is 0.143 e. The first-order chi connectivity index (χ1) is 27.0. The third-order valence-corrected chi connectivity index (χ3v) is 11.8. The molecule has 2 nitrogen and oxygen atoms in total. The molecule has 0 fully saturated rings. The third-order valence-electron chi connectivity index (χ3n) is 11.8. The first-order valence-electron chi connectivity index (χ1n) is 19.1. The van der Waals surface area contributed by atoms with Gasteiger partial charge in [0.15, 0.2) is 0 Å². The van der Waals surface area contributed by atoms with Crippen LogP contribution in [0.1, 0.15) is 25.0 Å². The van der Waals surface area contributed by atoms with Crippen LogP contribution < -0.4 is 4.90 Å². The van der Waals surface area contributed by atoms with E-state index in [9.17, 15) is 0 Å². The van der Waals surface area contributed by atoms with Crippen LogP contribution in [0, 0.1) is 0 Å². The van der Waals surface area contributed by atoms with Crippen LogP contribution in [0.25, 0.3) is 76.9 Å². The number of nitrogens with zero attached hydrogens (tertiary/aromatic N) is 1. The van der Waals surface area contributed by atoms with Gasteiger partial charge in [-0.2, -0.15) is 0 Å². The third kappa shape index (κ3) is 4.81. The zero-order chi connectivity index (χ0) is 36.7. The molecule has 0 bridgehead atoms. The number of hydrogen-bond donors (Lipinski definition) is 0. The maximum absolute atomic E-state index is 6.62.